The number of halogens is 3. The van der Waals surface area contributed by atoms with Gasteiger partial charge in [-0.05, 0) is 70.0 Å². The molecular formula is C22H14BrF2NO4. The van der Waals surface area contributed by atoms with Crippen LogP contribution in [-0.4, -0.2) is 17.0 Å². The van der Waals surface area contributed by atoms with Crippen molar-refractivity contribution in [2.45, 2.75) is 0 Å². The van der Waals surface area contributed by atoms with Gasteiger partial charge in [-0.2, -0.15) is 0 Å². The van der Waals surface area contributed by atoms with Gasteiger partial charge >= 0.3 is 5.97 Å². The standard InChI is InChI=1S/C22H14BrF2NO4/c23-16-3-1-2-4-20(16)30-15-8-5-13(6-9-15)11-19(22(28)29)26-21(27)14-7-10-17(24)18(25)12-14/h1-12H,(H,26,27)(H,28,29). The molecule has 3 rings (SSSR count). The summed E-state index contributed by atoms with van der Waals surface area (Å²) in [5.41, 5.74) is -0.153. The van der Waals surface area contributed by atoms with Crippen LogP contribution in [0, 0.1) is 11.6 Å². The Morgan fingerprint density at radius 1 is 0.967 bits per heavy atom. The predicted molar refractivity (Wildman–Crippen MR) is 110 cm³/mol. The molecule has 0 saturated carbocycles. The molecule has 0 fully saturated rings. The minimum absolute atomic E-state index is 0.210. The van der Waals surface area contributed by atoms with Crippen molar-refractivity contribution in [3.8, 4) is 11.5 Å². The van der Waals surface area contributed by atoms with Crippen molar-refractivity contribution in [3.05, 3.63) is 99.7 Å². The summed E-state index contributed by atoms with van der Waals surface area (Å²) in [6.07, 6.45) is 1.24. The molecule has 0 aromatic heterocycles. The van der Waals surface area contributed by atoms with Crippen LogP contribution in [0.2, 0.25) is 0 Å². The van der Waals surface area contributed by atoms with Crippen molar-refractivity contribution in [1.82, 2.24) is 5.32 Å². The Balaban J connectivity index is 1.76. The maximum absolute atomic E-state index is 13.3. The first-order valence-corrected chi connectivity index (χ1v) is 9.36. The lowest BCUT2D eigenvalue weighted by Gasteiger charge is -2.09. The fourth-order valence-corrected chi connectivity index (χ4v) is 2.80. The van der Waals surface area contributed by atoms with Gasteiger partial charge in [0.2, 0.25) is 0 Å². The molecule has 152 valence electrons. The highest BCUT2D eigenvalue weighted by molar-refractivity contribution is 9.10. The van der Waals surface area contributed by atoms with Crippen molar-refractivity contribution in [2.24, 2.45) is 0 Å². The van der Waals surface area contributed by atoms with Gasteiger partial charge < -0.3 is 15.2 Å². The highest BCUT2D eigenvalue weighted by Gasteiger charge is 2.15. The first kappa shape index (κ1) is 21.2. The van der Waals surface area contributed by atoms with Gasteiger partial charge in [0, 0.05) is 5.56 Å². The zero-order valence-electron chi connectivity index (χ0n) is 15.2. The molecule has 8 heteroatoms. The number of hydrogen-bond donors (Lipinski definition) is 2. The molecule has 0 aliphatic rings. The van der Waals surface area contributed by atoms with Gasteiger partial charge in [-0.3, -0.25) is 4.79 Å². The number of carbonyl (C=O) groups excluding carboxylic acids is 1. The Hall–Kier alpha value is -3.52. The van der Waals surface area contributed by atoms with E-state index in [0.717, 1.165) is 16.6 Å². The van der Waals surface area contributed by atoms with Crippen LogP contribution in [0.25, 0.3) is 6.08 Å². The highest BCUT2D eigenvalue weighted by atomic mass is 79.9. The number of benzene rings is 3. The number of aliphatic carboxylic acids is 1. The summed E-state index contributed by atoms with van der Waals surface area (Å²) in [4.78, 5) is 23.7. The minimum Gasteiger partial charge on any atom is -0.477 e. The molecule has 2 N–H and O–H groups in total. The van der Waals surface area contributed by atoms with Crippen molar-refractivity contribution in [3.63, 3.8) is 0 Å². The van der Waals surface area contributed by atoms with Crippen LogP contribution < -0.4 is 10.1 Å². The first-order valence-electron chi connectivity index (χ1n) is 8.57. The van der Waals surface area contributed by atoms with Gasteiger partial charge in [0.25, 0.3) is 5.91 Å². The van der Waals surface area contributed by atoms with Crippen molar-refractivity contribution < 1.29 is 28.2 Å². The van der Waals surface area contributed by atoms with E-state index in [1.807, 2.05) is 18.2 Å². The molecule has 0 bridgehead atoms. The van der Waals surface area contributed by atoms with Crippen molar-refractivity contribution in [2.75, 3.05) is 0 Å². The molecule has 0 radical (unpaired) electrons. The molecular weight excluding hydrogens is 460 g/mol. The Labute approximate surface area is 178 Å². The monoisotopic (exact) mass is 473 g/mol. The Morgan fingerprint density at radius 3 is 2.30 bits per heavy atom. The number of rotatable bonds is 6. The molecule has 0 aliphatic carbocycles. The van der Waals surface area contributed by atoms with Gasteiger partial charge in [-0.15, -0.1) is 0 Å². The molecule has 30 heavy (non-hydrogen) atoms. The second kappa shape index (κ2) is 9.32. The van der Waals surface area contributed by atoms with Crippen LogP contribution in [0.4, 0.5) is 8.78 Å². The number of carboxylic acids is 1. The smallest absolute Gasteiger partial charge is 0.352 e. The molecule has 0 spiro atoms. The van der Waals surface area contributed by atoms with Gasteiger partial charge in [0.05, 0.1) is 4.47 Å². The van der Waals surface area contributed by atoms with Crippen LogP contribution in [0.5, 0.6) is 11.5 Å². The SMILES string of the molecule is O=C(O)C(=Cc1ccc(Oc2ccccc2Br)cc1)NC(=O)c1ccc(F)c(F)c1. The van der Waals surface area contributed by atoms with Crippen LogP contribution >= 0.6 is 15.9 Å². The maximum Gasteiger partial charge on any atom is 0.352 e. The minimum atomic E-state index is -1.39. The Kier molecular flexibility index (Phi) is 6.58. The largest absolute Gasteiger partial charge is 0.477 e. The van der Waals surface area contributed by atoms with Crippen molar-refractivity contribution in [1.29, 1.82) is 0 Å². The zero-order valence-corrected chi connectivity index (χ0v) is 16.8. The molecule has 3 aromatic rings. The zero-order chi connectivity index (χ0) is 21.7. The second-order valence-electron chi connectivity index (χ2n) is 6.05. The molecule has 5 nitrogen and oxygen atoms in total. The number of hydrogen-bond acceptors (Lipinski definition) is 3. The molecule has 0 unspecified atom stereocenters. The summed E-state index contributed by atoms with van der Waals surface area (Å²) in [7, 11) is 0. The maximum atomic E-state index is 13.3. The van der Waals surface area contributed by atoms with E-state index in [9.17, 15) is 23.5 Å². The summed E-state index contributed by atoms with van der Waals surface area (Å²) < 4.78 is 32.8. The normalized spacial score (nSPS) is 11.1. The van der Waals surface area contributed by atoms with E-state index < -0.39 is 29.2 Å². The molecule has 0 aliphatic heterocycles. The van der Waals surface area contributed by atoms with Crippen LogP contribution in [-0.2, 0) is 4.79 Å². The van der Waals surface area contributed by atoms with Gasteiger partial charge in [0.1, 0.15) is 17.2 Å². The van der Waals surface area contributed by atoms with E-state index in [1.54, 1.807) is 30.3 Å². The number of ether oxygens (including phenoxy) is 1. The van der Waals surface area contributed by atoms with Crippen LogP contribution in [0.15, 0.2) is 76.9 Å². The van der Waals surface area contributed by atoms with Gasteiger partial charge in [-0.25, -0.2) is 13.6 Å². The lowest BCUT2D eigenvalue weighted by Crippen LogP contribution is -2.27. The summed E-state index contributed by atoms with van der Waals surface area (Å²) in [6, 6.07) is 16.3. The second-order valence-corrected chi connectivity index (χ2v) is 6.90. The number of para-hydroxylation sites is 1. The van der Waals surface area contributed by atoms with Crippen LogP contribution in [0.3, 0.4) is 0 Å². The predicted octanol–water partition coefficient (Wildman–Crippen LogP) is 5.38. The van der Waals surface area contributed by atoms with E-state index in [1.165, 1.54) is 6.08 Å². The molecule has 0 atom stereocenters. The number of nitrogens with one attached hydrogen (secondary N) is 1. The molecule has 3 aromatic carbocycles. The van der Waals surface area contributed by atoms with E-state index >= 15 is 0 Å². The van der Waals surface area contributed by atoms with E-state index in [-0.39, 0.29) is 5.56 Å². The fraction of sp³-hybridized carbons (Fsp3) is 0. The average Bonchev–Trinajstić information content (AvgIpc) is 2.72. The summed E-state index contributed by atoms with van der Waals surface area (Å²) >= 11 is 3.38. The fourth-order valence-electron chi connectivity index (χ4n) is 2.44. The van der Waals surface area contributed by atoms with E-state index in [4.69, 9.17) is 4.74 Å². The van der Waals surface area contributed by atoms with Crippen molar-refractivity contribution >= 4 is 33.9 Å². The van der Waals surface area contributed by atoms with E-state index in [2.05, 4.69) is 21.2 Å². The first-order chi connectivity index (χ1) is 14.3. The quantitative estimate of drug-likeness (QED) is 0.471. The highest BCUT2D eigenvalue weighted by Crippen LogP contribution is 2.29. The summed E-state index contributed by atoms with van der Waals surface area (Å²) in [5.74, 6) is -3.43. The molecule has 0 saturated heterocycles. The lowest BCUT2D eigenvalue weighted by atomic mass is 10.1. The topological polar surface area (TPSA) is 75.6 Å². The van der Waals surface area contributed by atoms with Crippen LogP contribution in [0.1, 0.15) is 15.9 Å². The molecule has 0 heterocycles. The van der Waals surface area contributed by atoms with Gasteiger partial charge in [-0.1, -0.05) is 24.3 Å². The third-order valence-electron chi connectivity index (χ3n) is 3.92. The third-order valence-corrected chi connectivity index (χ3v) is 4.57. The van der Waals surface area contributed by atoms with E-state index in [0.29, 0.717) is 23.1 Å². The molecule has 1 amide bonds. The summed E-state index contributed by atoms with van der Waals surface area (Å²) in [6.45, 7) is 0. The lowest BCUT2D eigenvalue weighted by molar-refractivity contribution is -0.132. The Bertz CT molecular complexity index is 1130. The summed E-state index contributed by atoms with van der Waals surface area (Å²) in [5, 5.41) is 11.5. The Morgan fingerprint density at radius 2 is 1.67 bits per heavy atom. The third kappa shape index (κ3) is 5.30. The number of carboxylic acid groups (broad SMARTS) is 1. The van der Waals surface area contributed by atoms with Gasteiger partial charge in [0.15, 0.2) is 11.6 Å². The number of amides is 1. The average molecular weight is 474 g/mol. The number of carbonyl (C=O) groups is 2.